The minimum absolute atomic E-state index is 0.254. The van der Waals surface area contributed by atoms with E-state index in [1.165, 1.54) is 11.3 Å². The summed E-state index contributed by atoms with van der Waals surface area (Å²) in [5, 5.41) is 10.0. The van der Waals surface area contributed by atoms with Gasteiger partial charge in [0.15, 0.2) is 17.5 Å². The van der Waals surface area contributed by atoms with E-state index in [1.54, 1.807) is 6.07 Å². The minimum atomic E-state index is -1.56. The second-order valence-electron chi connectivity index (χ2n) is 4.06. The molecular weight excluding hydrogens is 261 g/mol. The van der Waals surface area contributed by atoms with Gasteiger partial charge in [0.05, 0.1) is 0 Å². The highest BCUT2D eigenvalue weighted by Crippen LogP contribution is 2.32. The molecule has 0 aliphatic carbocycles. The van der Waals surface area contributed by atoms with Crippen LogP contribution in [0.5, 0.6) is 0 Å². The van der Waals surface area contributed by atoms with Crippen molar-refractivity contribution in [3.63, 3.8) is 0 Å². The number of aryl methyl sites for hydroxylation is 2. The van der Waals surface area contributed by atoms with Gasteiger partial charge in [-0.15, -0.1) is 11.3 Å². The van der Waals surface area contributed by atoms with Gasteiger partial charge in [-0.05, 0) is 37.6 Å². The number of rotatable bonds is 2. The minimum Gasteiger partial charge on any atom is -0.383 e. The van der Waals surface area contributed by atoms with Gasteiger partial charge in [-0.3, -0.25) is 0 Å². The van der Waals surface area contributed by atoms with Gasteiger partial charge >= 0.3 is 0 Å². The fraction of sp³-hybridized carbons (Fsp3) is 0.231. The smallest absolute Gasteiger partial charge is 0.194 e. The lowest BCUT2D eigenvalue weighted by Gasteiger charge is -2.10. The molecule has 1 atom stereocenters. The molecule has 0 saturated carbocycles. The normalized spacial score (nSPS) is 12.8. The fourth-order valence-corrected chi connectivity index (χ4v) is 2.69. The number of hydrogen-bond donors (Lipinski definition) is 1. The van der Waals surface area contributed by atoms with Gasteiger partial charge < -0.3 is 5.11 Å². The van der Waals surface area contributed by atoms with Crippen molar-refractivity contribution in [2.45, 2.75) is 20.0 Å². The van der Waals surface area contributed by atoms with Gasteiger partial charge in [0.1, 0.15) is 6.10 Å². The first-order valence-electron chi connectivity index (χ1n) is 5.30. The number of aliphatic hydroxyl groups is 1. The van der Waals surface area contributed by atoms with E-state index in [0.29, 0.717) is 4.88 Å². The van der Waals surface area contributed by atoms with E-state index in [4.69, 9.17) is 0 Å². The third-order valence-corrected chi connectivity index (χ3v) is 4.02. The first kappa shape index (κ1) is 13.1. The van der Waals surface area contributed by atoms with Gasteiger partial charge in [-0.25, -0.2) is 13.2 Å². The molecule has 0 radical (unpaired) electrons. The van der Waals surface area contributed by atoms with Gasteiger partial charge in [-0.1, -0.05) is 0 Å². The standard InChI is InChI=1S/C13H11F3OS/c1-6-5-10(18-7(6)2)13(17)8-3-4-9(14)12(16)11(8)15/h3-5,13,17H,1-2H3. The van der Waals surface area contributed by atoms with E-state index in [2.05, 4.69) is 0 Å². The van der Waals surface area contributed by atoms with Crippen molar-refractivity contribution in [3.05, 3.63) is 56.5 Å². The van der Waals surface area contributed by atoms with Crippen LogP contribution in [0.2, 0.25) is 0 Å². The molecule has 5 heteroatoms. The molecule has 0 aliphatic heterocycles. The first-order chi connectivity index (χ1) is 8.41. The zero-order chi connectivity index (χ0) is 13.4. The Morgan fingerprint density at radius 3 is 2.33 bits per heavy atom. The quantitative estimate of drug-likeness (QED) is 0.823. The summed E-state index contributed by atoms with van der Waals surface area (Å²) in [5.74, 6) is -4.16. The summed E-state index contributed by atoms with van der Waals surface area (Å²) in [4.78, 5) is 1.50. The van der Waals surface area contributed by atoms with E-state index < -0.39 is 23.6 Å². The number of thiophene rings is 1. The van der Waals surface area contributed by atoms with Crippen molar-refractivity contribution in [2.75, 3.05) is 0 Å². The van der Waals surface area contributed by atoms with Crippen molar-refractivity contribution in [1.82, 2.24) is 0 Å². The second kappa shape index (κ2) is 4.74. The van der Waals surface area contributed by atoms with E-state index in [9.17, 15) is 18.3 Å². The Labute approximate surface area is 107 Å². The van der Waals surface area contributed by atoms with Gasteiger partial charge in [-0.2, -0.15) is 0 Å². The van der Waals surface area contributed by atoms with Gasteiger partial charge in [0.2, 0.25) is 0 Å². The predicted octanol–water partition coefficient (Wildman–Crippen LogP) is 3.86. The van der Waals surface area contributed by atoms with Crippen LogP contribution in [0.4, 0.5) is 13.2 Å². The van der Waals surface area contributed by atoms with Crippen LogP contribution in [0.3, 0.4) is 0 Å². The lowest BCUT2D eigenvalue weighted by molar-refractivity contribution is 0.216. The molecule has 0 aliphatic rings. The van der Waals surface area contributed by atoms with Gasteiger partial charge in [0, 0.05) is 15.3 Å². The highest BCUT2D eigenvalue weighted by molar-refractivity contribution is 7.12. The van der Waals surface area contributed by atoms with Gasteiger partial charge in [0.25, 0.3) is 0 Å². The van der Waals surface area contributed by atoms with Crippen molar-refractivity contribution in [3.8, 4) is 0 Å². The Kier molecular flexibility index (Phi) is 3.45. The Bertz CT molecular complexity index is 573. The molecule has 1 N–H and O–H groups in total. The topological polar surface area (TPSA) is 20.2 Å². The molecule has 2 aromatic rings. The molecule has 1 aromatic heterocycles. The van der Waals surface area contributed by atoms with Crippen LogP contribution in [0.15, 0.2) is 18.2 Å². The van der Waals surface area contributed by atoms with Crippen LogP contribution >= 0.6 is 11.3 Å². The van der Waals surface area contributed by atoms with Crippen molar-refractivity contribution in [2.24, 2.45) is 0 Å². The fourth-order valence-electron chi connectivity index (χ4n) is 1.64. The SMILES string of the molecule is Cc1cc(C(O)c2ccc(F)c(F)c2F)sc1C. The van der Waals surface area contributed by atoms with Crippen molar-refractivity contribution in [1.29, 1.82) is 0 Å². The molecule has 0 amide bonds. The molecule has 0 fully saturated rings. The number of hydrogen-bond acceptors (Lipinski definition) is 2. The summed E-state index contributed by atoms with van der Waals surface area (Å²) >= 11 is 1.30. The Hall–Kier alpha value is -1.33. The molecular formula is C13H11F3OS. The molecule has 1 heterocycles. The molecule has 0 spiro atoms. The third kappa shape index (κ3) is 2.15. The van der Waals surface area contributed by atoms with Crippen LogP contribution in [-0.2, 0) is 0 Å². The van der Waals surface area contributed by atoms with Crippen LogP contribution in [0.1, 0.15) is 27.0 Å². The molecule has 1 aromatic carbocycles. The maximum atomic E-state index is 13.5. The molecule has 0 saturated heterocycles. The Balaban J connectivity index is 2.46. The summed E-state index contributed by atoms with van der Waals surface area (Å²) in [6.07, 6.45) is -1.28. The number of aliphatic hydroxyl groups excluding tert-OH is 1. The second-order valence-corrected chi connectivity index (χ2v) is 5.34. The Morgan fingerprint density at radius 2 is 1.78 bits per heavy atom. The third-order valence-electron chi connectivity index (χ3n) is 2.81. The van der Waals surface area contributed by atoms with E-state index in [-0.39, 0.29) is 5.56 Å². The molecule has 2 rings (SSSR count). The predicted molar refractivity (Wildman–Crippen MR) is 64.2 cm³/mol. The zero-order valence-electron chi connectivity index (χ0n) is 9.80. The van der Waals surface area contributed by atoms with Crippen LogP contribution in [0, 0.1) is 31.3 Å². The van der Waals surface area contributed by atoms with E-state index >= 15 is 0 Å². The van der Waals surface area contributed by atoms with Crippen molar-refractivity contribution >= 4 is 11.3 Å². The molecule has 0 bridgehead atoms. The largest absolute Gasteiger partial charge is 0.383 e. The molecule has 1 nitrogen and oxygen atoms in total. The Morgan fingerprint density at radius 1 is 1.11 bits per heavy atom. The molecule has 1 unspecified atom stereocenters. The average Bonchev–Trinajstić information content (AvgIpc) is 2.66. The summed E-state index contributed by atoms with van der Waals surface area (Å²) in [6, 6.07) is 3.58. The summed E-state index contributed by atoms with van der Waals surface area (Å²) in [7, 11) is 0. The maximum absolute atomic E-state index is 13.5. The number of halogens is 3. The monoisotopic (exact) mass is 272 g/mol. The molecule has 96 valence electrons. The maximum Gasteiger partial charge on any atom is 0.194 e. The average molecular weight is 272 g/mol. The van der Waals surface area contributed by atoms with Crippen LogP contribution < -0.4 is 0 Å². The first-order valence-corrected chi connectivity index (χ1v) is 6.12. The summed E-state index contributed by atoms with van der Waals surface area (Å²) in [6.45, 7) is 3.74. The highest BCUT2D eigenvalue weighted by Gasteiger charge is 2.21. The van der Waals surface area contributed by atoms with E-state index in [1.807, 2.05) is 13.8 Å². The van der Waals surface area contributed by atoms with E-state index in [0.717, 1.165) is 22.6 Å². The molecule has 18 heavy (non-hydrogen) atoms. The summed E-state index contributed by atoms with van der Waals surface area (Å²) < 4.78 is 39.4. The van der Waals surface area contributed by atoms with Crippen molar-refractivity contribution < 1.29 is 18.3 Å². The van der Waals surface area contributed by atoms with Crippen LogP contribution in [-0.4, -0.2) is 5.11 Å². The lowest BCUT2D eigenvalue weighted by atomic mass is 10.1. The number of benzene rings is 1. The lowest BCUT2D eigenvalue weighted by Crippen LogP contribution is -2.04. The zero-order valence-corrected chi connectivity index (χ0v) is 10.6. The highest BCUT2D eigenvalue weighted by atomic mass is 32.1. The van der Waals surface area contributed by atoms with Crippen LogP contribution in [0.25, 0.3) is 0 Å². The summed E-state index contributed by atoms with van der Waals surface area (Å²) in [5.41, 5.74) is 0.715.